The molecule has 0 aliphatic carbocycles. The van der Waals surface area contributed by atoms with Gasteiger partial charge in [-0.15, -0.1) is 0 Å². The Morgan fingerprint density at radius 1 is 1.26 bits per heavy atom. The van der Waals surface area contributed by atoms with Gasteiger partial charge in [-0.2, -0.15) is 0 Å². The average molecular weight is 393 g/mol. The van der Waals surface area contributed by atoms with Crippen LogP contribution in [0.2, 0.25) is 0 Å². The van der Waals surface area contributed by atoms with Crippen LogP contribution >= 0.6 is 0 Å². The molecule has 2 saturated heterocycles. The molecule has 8 nitrogen and oxygen atoms in total. The van der Waals surface area contributed by atoms with E-state index in [1.165, 1.54) is 18.2 Å². The number of sulfonamides is 1. The number of nitrogens with two attached hydrogens (primary N) is 1. The van der Waals surface area contributed by atoms with Crippen molar-refractivity contribution < 1.29 is 22.7 Å². The van der Waals surface area contributed by atoms with Gasteiger partial charge in [0.2, 0.25) is 0 Å². The standard InChI is InChI=1S/C18H23N3O5S/c19-13-3-1-7-20(10-13)17(22)12-5-6-15-16(9-12)27(24,25)21(18(15)23)11-14-4-2-8-26-14/h5-6,9,13-14H,1-4,7-8,10-11,19H2/t13-,14-/m0/s1. The number of hydrogen-bond donors (Lipinski definition) is 1. The first-order valence-electron chi connectivity index (χ1n) is 9.25. The molecule has 27 heavy (non-hydrogen) atoms. The van der Waals surface area contributed by atoms with Crippen LogP contribution in [-0.4, -0.2) is 67.8 Å². The second kappa shape index (κ2) is 6.88. The van der Waals surface area contributed by atoms with Gasteiger partial charge >= 0.3 is 0 Å². The number of ether oxygens (including phenoxy) is 1. The molecule has 1 aromatic rings. The van der Waals surface area contributed by atoms with Crippen molar-refractivity contribution >= 4 is 21.8 Å². The topological polar surface area (TPSA) is 110 Å². The summed E-state index contributed by atoms with van der Waals surface area (Å²) in [7, 11) is -3.97. The number of benzene rings is 1. The Labute approximate surface area is 158 Å². The van der Waals surface area contributed by atoms with E-state index in [1.54, 1.807) is 4.90 Å². The number of carbonyl (C=O) groups is 2. The van der Waals surface area contributed by atoms with Crippen LogP contribution in [-0.2, 0) is 14.8 Å². The van der Waals surface area contributed by atoms with Crippen LogP contribution in [0.3, 0.4) is 0 Å². The van der Waals surface area contributed by atoms with Crippen molar-refractivity contribution in [3.05, 3.63) is 29.3 Å². The summed E-state index contributed by atoms with van der Waals surface area (Å²) in [5.74, 6) is -0.812. The normalized spacial score (nSPS) is 27.1. The molecular weight excluding hydrogens is 370 g/mol. The van der Waals surface area contributed by atoms with E-state index in [-0.39, 0.29) is 40.6 Å². The van der Waals surface area contributed by atoms with Gasteiger partial charge in [0.05, 0.1) is 18.2 Å². The lowest BCUT2D eigenvalue weighted by molar-refractivity contribution is 0.0701. The van der Waals surface area contributed by atoms with E-state index in [1.807, 2.05) is 0 Å². The predicted octanol–water partition coefficient (Wildman–Crippen LogP) is 0.573. The molecular formula is C18H23N3O5S. The molecule has 3 heterocycles. The van der Waals surface area contributed by atoms with Gasteiger partial charge < -0.3 is 15.4 Å². The van der Waals surface area contributed by atoms with E-state index in [4.69, 9.17) is 10.5 Å². The minimum absolute atomic E-state index is 0.0140. The molecule has 9 heteroatoms. The number of piperidine rings is 1. The zero-order valence-electron chi connectivity index (χ0n) is 15.0. The molecule has 0 bridgehead atoms. The van der Waals surface area contributed by atoms with Crippen molar-refractivity contribution in [2.75, 3.05) is 26.2 Å². The van der Waals surface area contributed by atoms with Gasteiger partial charge in [-0.05, 0) is 43.9 Å². The number of nitrogens with zero attached hydrogens (tertiary/aromatic N) is 2. The number of amides is 2. The summed E-state index contributed by atoms with van der Waals surface area (Å²) >= 11 is 0. The first-order valence-corrected chi connectivity index (χ1v) is 10.7. The molecule has 1 aromatic carbocycles. The molecule has 0 spiro atoms. The lowest BCUT2D eigenvalue weighted by Gasteiger charge is -2.30. The van der Waals surface area contributed by atoms with E-state index < -0.39 is 15.9 Å². The highest BCUT2D eigenvalue weighted by Gasteiger charge is 2.43. The SMILES string of the molecule is N[C@H]1CCCN(C(=O)c2ccc3c(c2)S(=O)(=O)N(C[C@@H]2CCCO2)C3=O)C1. The first kappa shape index (κ1) is 18.4. The van der Waals surface area contributed by atoms with Gasteiger partial charge in [-0.3, -0.25) is 9.59 Å². The molecule has 3 aliphatic rings. The fourth-order valence-electron chi connectivity index (χ4n) is 3.94. The Morgan fingerprint density at radius 3 is 2.78 bits per heavy atom. The van der Waals surface area contributed by atoms with Crippen LogP contribution in [0.4, 0.5) is 0 Å². The fourth-order valence-corrected chi connectivity index (χ4v) is 5.56. The zero-order chi connectivity index (χ0) is 19.2. The van der Waals surface area contributed by atoms with Gasteiger partial charge in [0.15, 0.2) is 0 Å². The molecule has 0 unspecified atom stereocenters. The lowest BCUT2D eigenvalue weighted by atomic mass is 10.0. The van der Waals surface area contributed by atoms with Crippen molar-refractivity contribution in [2.45, 2.75) is 42.7 Å². The summed E-state index contributed by atoms with van der Waals surface area (Å²) in [5.41, 5.74) is 6.31. The third-order valence-electron chi connectivity index (χ3n) is 5.39. The Bertz CT molecular complexity index is 879. The summed E-state index contributed by atoms with van der Waals surface area (Å²) < 4.78 is 32.1. The highest BCUT2D eigenvalue weighted by atomic mass is 32.2. The van der Waals surface area contributed by atoms with Crippen LogP contribution in [0.1, 0.15) is 46.4 Å². The van der Waals surface area contributed by atoms with E-state index in [9.17, 15) is 18.0 Å². The smallest absolute Gasteiger partial charge is 0.269 e. The average Bonchev–Trinajstić information content (AvgIpc) is 3.23. The summed E-state index contributed by atoms with van der Waals surface area (Å²) in [6.07, 6.45) is 3.01. The molecule has 0 radical (unpaired) electrons. The van der Waals surface area contributed by atoms with Crippen LogP contribution in [0.5, 0.6) is 0 Å². The van der Waals surface area contributed by atoms with Gasteiger partial charge in [0.25, 0.3) is 21.8 Å². The first-order chi connectivity index (χ1) is 12.9. The summed E-state index contributed by atoms with van der Waals surface area (Å²) in [4.78, 5) is 26.9. The van der Waals surface area contributed by atoms with Gasteiger partial charge in [0, 0.05) is 31.3 Å². The molecule has 2 atom stereocenters. The maximum atomic E-state index is 12.9. The number of rotatable bonds is 3. The molecule has 0 aromatic heterocycles. The zero-order valence-corrected chi connectivity index (χ0v) is 15.8. The highest BCUT2D eigenvalue weighted by molar-refractivity contribution is 7.90. The van der Waals surface area contributed by atoms with E-state index in [0.29, 0.717) is 19.7 Å². The van der Waals surface area contributed by atoms with Crippen LogP contribution in [0, 0.1) is 0 Å². The van der Waals surface area contributed by atoms with Crippen LogP contribution in [0.15, 0.2) is 23.1 Å². The molecule has 4 rings (SSSR count). The molecule has 2 fully saturated rings. The largest absolute Gasteiger partial charge is 0.376 e. The van der Waals surface area contributed by atoms with Gasteiger partial charge in [-0.1, -0.05) is 0 Å². The Morgan fingerprint density at radius 2 is 2.07 bits per heavy atom. The molecule has 0 saturated carbocycles. The second-order valence-corrected chi connectivity index (χ2v) is 9.17. The van der Waals surface area contributed by atoms with Gasteiger partial charge in [-0.25, -0.2) is 12.7 Å². The van der Waals surface area contributed by atoms with Crippen molar-refractivity contribution in [3.63, 3.8) is 0 Å². The Hall–Kier alpha value is -1.97. The third kappa shape index (κ3) is 3.24. The van der Waals surface area contributed by atoms with Crippen molar-refractivity contribution in [2.24, 2.45) is 5.73 Å². The van der Waals surface area contributed by atoms with Crippen molar-refractivity contribution in [1.29, 1.82) is 0 Å². The van der Waals surface area contributed by atoms with E-state index >= 15 is 0 Å². The number of likely N-dealkylation sites (tertiary alicyclic amines) is 1. The highest BCUT2D eigenvalue weighted by Crippen LogP contribution is 2.32. The Kier molecular flexibility index (Phi) is 4.69. The minimum atomic E-state index is -3.97. The van der Waals surface area contributed by atoms with Gasteiger partial charge in [0.1, 0.15) is 4.90 Å². The molecule has 2 N–H and O–H groups in total. The monoisotopic (exact) mass is 393 g/mol. The Balaban J connectivity index is 1.61. The van der Waals surface area contributed by atoms with Crippen LogP contribution in [0.25, 0.3) is 0 Å². The molecule has 3 aliphatic heterocycles. The van der Waals surface area contributed by atoms with Crippen molar-refractivity contribution in [3.8, 4) is 0 Å². The maximum absolute atomic E-state index is 12.9. The second-order valence-electron chi connectivity index (χ2n) is 7.34. The van der Waals surface area contributed by atoms with Crippen molar-refractivity contribution in [1.82, 2.24) is 9.21 Å². The fraction of sp³-hybridized carbons (Fsp3) is 0.556. The van der Waals surface area contributed by atoms with E-state index in [0.717, 1.165) is 30.0 Å². The predicted molar refractivity (Wildman–Crippen MR) is 96.8 cm³/mol. The number of fused-ring (bicyclic) bond motifs is 1. The minimum Gasteiger partial charge on any atom is -0.376 e. The van der Waals surface area contributed by atoms with Crippen LogP contribution < -0.4 is 5.73 Å². The maximum Gasteiger partial charge on any atom is 0.269 e. The quantitative estimate of drug-likeness (QED) is 0.804. The number of carbonyl (C=O) groups excluding carboxylic acids is 2. The lowest BCUT2D eigenvalue weighted by Crippen LogP contribution is -2.45. The summed E-state index contributed by atoms with van der Waals surface area (Å²) in [6, 6.07) is 4.21. The molecule has 146 valence electrons. The molecule has 2 amide bonds. The number of hydrogen-bond acceptors (Lipinski definition) is 6. The third-order valence-corrected chi connectivity index (χ3v) is 7.18. The summed E-state index contributed by atoms with van der Waals surface area (Å²) in [5, 5.41) is 0. The van der Waals surface area contributed by atoms with E-state index in [2.05, 4.69) is 0 Å². The summed E-state index contributed by atoms with van der Waals surface area (Å²) in [6.45, 7) is 1.64.